The highest BCUT2D eigenvalue weighted by Gasteiger charge is 2.17. The highest BCUT2D eigenvalue weighted by Crippen LogP contribution is 2.11. The van der Waals surface area contributed by atoms with Gasteiger partial charge in [-0.05, 0) is 51.5 Å². The third-order valence-electron chi connectivity index (χ3n) is 3.25. The van der Waals surface area contributed by atoms with Gasteiger partial charge in [0.05, 0.1) is 11.4 Å². The lowest BCUT2D eigenvalue weighted by Crippen LogP contribution is -2.39. The molecule has 0 saturated carbocycles. The summed E-state index contributed by atoms with van der Waals surface area (Å²) in [7, 11) is -3.60. The van der Waals surface area contributed by atoms with E-state index in [0.717, 1.165) is 0 Å². The van der Waals surface area contributed by atoms with E-state index in [1.807, 2.05) is 20.8 Å². The lowest BCUT2D eigenvalue weighted by atomic mass is 10.2. The molecule has 0 aromatic heterocycles. The van der Waals surface area contributed by atoms with Gasteiger partial charge >= 0.3 is 0 Å². The number of rotatable bonds is 8. The topological polar surface area (TPSA) is 104 Å². The highest BCUT2D eigenvalue weighted by molar-refractivity contribution is 7.89. The molecule has 0 fully saturated rings. The molecular weight excluding hydrogens is 330 g/mol. The van der Waals surface area contributed by atoms with Crippen LogP contribution in [0.2, 0.25) is 0 Å². The van der Waals surface area contributed by atoms with Gasteiger partial charge in [-0.3, -0.25) is 9.59 Å². The molecule has 0 aliphatic carbocycles. The molecule has 1 atom stereocenters. The molecule has 134 valence electrons. The Morgan fingerprint density at radius 2 is 1.67 bits per heavy atom. The minimum Gasteiger partial charge on any atom is -0.352 e. The molecule has 0 unspecified atom stereocenters. The summed E-state index contributed by atoms with van der Waals surface area (Å²) in [6.45, 7) is 7.18. The second-order valence-corrected chi connectivity index (χ2v) is 7.57. The summed E-state index contributed by atoms with van der Waals surface area (Å²) < 4.78 is 26.8. The van der Waals surface area contributed by atoms with Gasteiger partial charge in [0.1, 0.15) is 0 Å². The second-order valence-electron chi connectivity index (χ2n) is 5.86. The SMILES string of the molecule is CC[C@H](C)NS(=O)(=O)c1ccc(C(=O)NCC(=O)NC(C)C)cc1. The van der Waals surface area contributed by atoms with Crippen molar-refractivity contribution in [2.75, 3.05) is 6.54 Å². The third kappa shape index (κ3) is 6.29. The van der Waals surface area contributed by atoms with Crippen molar-refractivity contribution >= 4 is 21.8 Å². The molecule has 0 saturated heterocycles. The van der Waals surface area contributed by atoms with Gasteiger partial charge in [0.2, 0.25) is 15.9 Å². The number of hydrogen-bond donors (Lipinski definition) is 3. The first-order valence-corrected chi connectivity index (χ1v) is 9.34. The molecule has 0 heterocycles. The molecule has 3 N–H and O–H groups in total. The first kappa shape index (κ1) is 20.1. The predicted molar refractivity (Wildman–Crippen MR) is 92.1 cm³/mol. The molecule has 0 aliphatic rings. The molecule has 1 aromatic carbocycles. The Morgan fingerprint density at radius 3 is 2.17 bits per heavy atom. The molecule has 7 nitrogen and oxygen atoms in total. The van der Waals surface area contributed by atoms with E-state index in [0.29, 0.717) is 6.42 Å². The first-order valence-electron chi connectivity index (χ1n) is 7.85. The van der Waals surface area contributed by atoms with Crippen LogP contribution in [0.3, 0.4) is 0 Å². The number of hydrogen-bond acceptors (Lipinski definition) is 4. The van der Waals surface area contributed by atoms with E-state index >= 15 is 0 Å². The molecular formula is C16H25N3O4S. The van der Waals surface area contributed by atoms with Gasteiger partial charge in [-0.25, -0.2) is 13.1 Å². The molecule has 0 aliphatic heterocycles. The van der Waals surface area contributed by atoms with Crippen LogP contribution in [0.1, 0.15) is 44.5 Å². The molecule has 0 spiro atoms. The first-order chi connectivity index (χ1) is 11.2. The van der Waals surface area contributed by atoms with E-state index in [1.165, 1.54) is 24.3 Å². The minimum absolute atomic E-state index is 0.00287. The second kappa shape index (κ2) is 8.79. The van der Waals surface area contributed by atoms with Crippen LogP contribution in [0, 0.1) is 0 Å². The average Bonchev–Trinajstić information content (AvgIpc) is 2.51. The monoisotopic (exact) mass is 355 g/mol. The lowest BCUT2D eigenvalue weighted by Gasteiger charge is -2.12. The normalized spacial score (nSPS) is 12.7. The zero-order valence-corrected chi connectivity index (χ0v) is 15.2. The van der Waals surface area contributed by atoms with Gasteiger partial charge in [-0.1, -0.05) is 6.92 Å². The van der Waals surface area contributed by atoms with Crippen molar-refractivity contribution in [1.82, 2.24) is 15.4 Å². The third-order valence-corrected chi connectivity index (χ3v) is 4.86. The zero-order chi connectivity index (χ0) is 18.3. The summed E-state index contributed by atoms with van der Waals surface area (Å²) in [6.07, 6.45) is 0.679. The molecule has 1 aromatic rings. The predicted octanol–water partition coefficient (Wildman–Crippen LogP) is 1.02. The van der Waals surface area contributed by atoms with Gasteiger partial charge in [0.15, 0.2) is 0 Å². The van der Waals surface area contributed by atoms with Crippen LogP contribution in [-0.2, 0) is 14.8 Å². The van der Waals surface area contributed by atoms with Crippen LogP contribution in [0.15, 0.2) is 29.2 Å². The number of carbonyl (C=O) groups is 2. The minimum atomic E-state index is -3.60. The maximum absolute atomic E-state index is 12.1. The van der Waals surface area contributed by atoms with Gasteiger partial charge < -0.3 is 10.6 Å². The number of benzene rings is 1. The lowest BCUT2D eigenvalue weighted by molar-refractivity contribution is -0.120. The zero-order valence-electron chi connectivity index (χ0n) is 14.4. The van der Waals surface area contributed by atoms with Crippen LogP contribution in [0.5, 0.6) is 0 Å². The molecule has 0 bridgehead atoms. The standard InChI is InChI=1S/C16H25N3O4S/c1-5-12(4)19-24(22,23)14-8-6-13(7-9-14)16(21)17-10-15(20)18-11(2)3/h6-9,11-12,19H,5,10H2,1-4H3,(H,17,21)(H,18,20)/t12-/m0/s1. The quantitative estimate of drug-likeness (QED) is 0.647. The van der Waals surface area contributed by atoms with Gasteiger partial charge in [-0.2, -0.15) is 0 Å². The number of amides is 2. The smallest absolute Gasteiger partial charge is 0.251 e. The molecule has 2 amide bonds. The van der Waals surface area contributed by atoms with Crippen molar-refractivity contribution < 1.29 is 18.0 Å². The number of carbonyl (C=O) groups excluding carboxylic acids is 2. The van der Waals surface area contributed by atoms with E-state index in [9.17, 15) is 18.0 Å². The van der Waals surface area contributed by atoms with Gasteiger partial charge in [0.25, 0.3) is 5.91 Å². The van der Waals surface area contributed by atoms with E-state index in [4.69, 9.17) is 0 Å². The van der Waals surface area contributed by atoms with Crippen molar-refractivity contribution in [2.45, 2.75) is 51.1 Å². The summed E-state index contributed by atoms with van der Waals surface area (Å²) in [4.78, 5) is 23.6. The fourth-order valence-corrected chi connectivity index (χ4v) is 3.16. The van der Waals surface area contributed by atoms with Crippen molar-refractivity contribution in [3.05, 3.63) is 29.8 Å². The van der Waals surface area contributed by atoms with E-state index in [2.05, 4.69) is 15.4 Å². The fraction of sp³-hybridized carbons (Fsp3) is 0.500. The van der Waals surface area contributed by atoms with E-state index in [1.54, 1.807) is 6.92 Å². The van der Waals surface area contributed by atoms with Crippen molar-refractivity contribution in [3.8, 4) is 0 Å². The average molecular weight is 355 g/mol. The molecule has 8 heteroatoms. The van der Waals surface area contributed by atoms with Crippen molar-refractivity contribution in [3.63, 3.8) is 0 Å². The Bertz CT molecular complexity index is 669. The van der Waals surface area contributed by atoms with E-state index < -0.39 is 15.9 Å². The Hall–Kier alpha value is -1.93. The van der Waals surface area contributed by atoms with Crippen molar-refractivity contribution in [1.29, 1.82) is 0 Å². The molecule has 24 heavy (non-hydrogen) atoms. The number of sulfonamides is 1. The Balaban J connectivity index is 2.70. The van der Waals surface area contributed by atoms with Crippen molar-refractivity contribution in [2.24, 2.45) is 0 Å². The summed E-state index contributed by atoms with van der Waals surface area (Å²) in [5.41, 5.74) is 0.287. The Morgan fingerprint density at radius 1 is 1.08 bits per heavy atom. The molecule has 1 rings (SSSR count). The molecule has 0 radical (unpaired) electrons. The van der Waals surface area contributed by atoms with Crippen LogP contribution >= 0.6 is 0 Å². The Labute approximate surface area is 143 Å². The van der Waals surface area contributed by atoms with Crippen LogP contribution in [-0.4, -0.2) is 38.9 Å². The maximum Gasteiger partial charge on any atom is 0.251 e. The summed E-state index contributed by atoms with van der Waals surface area (Å²) in [5, 5.41) is 5.15. The van der Waals surface area contributed by atoms with Crippen LogP contribution in [0.4, 0.5) is 0 Å². The summed E-state index contributed by atoms with van der Waals surface area (Å²) >= 11 is 0. The van der Waals surface area contributed by atoms with Crippen LogP contribution in [0.25, 0.3) is 0 Å². The van der Waals surface area contributed by atoms with Gasteiger partial charge in [0, 0.05) is 17.6 Å². The number of nitrogens with one attached hydrogen (secondary N) is 3. The Kier molecular flexibility index (Phi) is 7.37. The summed E-state index contributed by atoms with van der Waals surface area (Å²) in [5.74, 6) is -0.719. The maximum atomic E-state index is 12.1. The van der Waals surface area contributed by atoms with Crippen LogP contribution < -0.4 is 15.4 Å². The summed E-state index contributed by atoms with van der Waals surface area (Å²) in [6, 6.07) is 5.40. The largest absolute Gasteiger partial charge is 0.352 e. The van der Waals surface area contributed by atoms with Gasteiger partial charge in [-0.15, -0.1) is 0 Å². The van der Waals surface area contributed by atoms with E-state index in [-0.39, 0.29) is 35.0 Å². The fourth-order valence-electron chi connectivity index (χ4n) is 1.84. The highest BCUT2D eigenvalue weighted by atomic mass is 32.2.